The van der Waals surface area contributed by atoms with Gasteiger partial charge >= 0.3 is 0 Å². The Labute approximate surface area is 144 Å². The fourth-order valence-corrected chi connectivity index (χ4v) is 2.93. The molecule has 0 spiro atoms. The first kappa shape index (κ1) is 15.6. The number of aromatic nitrogens is 2. The SMILES string of the molecule is O=C(COc1ccc2ccccc2c1)N1CCOC[C@@H]1c1ncon1. The molecule has 25 heavy (non-hydrogen) atoms. The summed E-state index contributed by atoms with van der Waals surface area (Å²) in [5.41, 5.74) is 0. The average Bonchev–Trinajstić information content (AvgIpc) is 3.20. The standard InChI is InChI=1S/C18H17N3O4/c22-17(21-7-8-23-10-16(21)18-19-12-25-20-18)11-24-15-6-5-13-3-1-2-4-14(13)9-15/h1-6,9,12,16H,7-8,10-11H2/t16-/m1/s1. The Kier molecular flexibility index (Phi) is 4.30. The Hall–Kier alpha value is -2.93. The van der Waals surface area contributed by atoms with Crippen molar-refractivity contribution in [3.05, 3.63) is 54.7 Å². The first-order valence-corrected chi connectivity index (χ1v) is 8.06. The second kappa shape index (κ2) is 6.90. The highest BCUT2D eigenvalue weighted by atomic mass is 16.5. The number of nitrogens with zero attached hydrogens (tertiary/aromatic N) is 3. The van der Waals surface area contributed by atoms with Crippen LogP contribution >= 0.6 is 0 Å². The molecular formula is C18H17N3O4. The second-order valence-corrected chi connectivity index (χ2v) is 5.76. The van der Waals surface area contributed by atoms with Crippen LogP contribution in [-0.2, 0) is 9.53 Å². The summed E-state index contributed by atoms with van der Waals surface area (Å²) in [6.45, 7) is 1.25. The zero-order chi connectivity index (χ0) is 17.1. The molecule has 0 saturated carbocycles. The number of morpholine rings is 1. The van der Waals surface area contributed by atoms with Crippen LogP contribution in [0.15, 0.2) is 53.4 Å². The molecule has 128 valence electrons. The fourth-order valence-electron chi connectivity index (χ4n) is 2.93. The van der Waals surface area contributed by atoms with Crippen molar-refractivity contribution < 1.29 is 18.8 Å². The normalized spacial score (nSPS) is 17.6. The third-order valence-electron chi connectivity index (χ3n) is 4.21. The zero-order valence-corrected chi connectivity index (χ0v) is 13.5. The predicted octanol–water partition coefficient (Wildman–Crippen LogP) is 2.20. The lowest BCUT2D eigenvalue weighted by Crippen LogP contribution is -2.45. The van der Waals surface area contributed by atoms with Crippen molar-refractivity contribution in [2.24, 2.45) is 0 Å². The van der Waals surface area contributed by atoms with Crippen LogP contribution in [0.1, 0.15) is 11.9 Å². The molecule has 0 radical (unpaired) electrons. The van der Waals surface area contributed by atoms with Crippen molar-refractivity contribution in [2.75, 3.05) is 26.4 Å². The van der Waals surface area contributed by atoms with Gasteiger partial charge in [0.2, 0.25) is 6.39 Å². The van der Waals surface area contributed by atoms with Gasteiger partial charge in [-0.3, -0.25) is 4.79 Å². The number of amides is 1. The van der Waals surface area contributed by atoms with Crippen LogP contribution in [0, 0.1) is 0 Å². The smallest absolute Gasteiger partial charge is 0.261 e. The van der Waals surface area contributed by atoms with E-state index in [4.69, 9.17) is 14.0 Å². The largest absolute Gasteiger partial charge is 0.484 e. The van der Waals surface area contributed by atoms with E-state index in [9.17, 15) is 4.79 Å². The van der Waals surface area contributed by atoms with Crippen molar-refractivity contribution in [3.8, 4) is 5.75 Å². The Morgan fingerprint density at radius 2 is 2.12 bits per heavy atom. The third kappa shape index (κ3) is 3.32. The number of carbonyl (C=O) groups is 1. The van der Waals surface area contributed by atoms with Crippen molar-refractivity contribution in [3.63, 3.8) is 0 Å². The van der Waals surface area contributed by atoms with E-state index < -0.39 is 0 Å². The van der Waals surface area contributed by atoms with Gasteiger partial charge in [0.05, 0.1) is 13.2 Å². The van der Waals surface area contributed by atoms with E-state index in [0.29, 0.717) is 31.3 Å². The number of benzene rings is 2. The maximum absolute atomic E-state index is 12.6. The maximum Gasteiger partial charge on any atom is 0.261 e. The highest BCUT2D eigenvalue weighted by Crippen LogP contribution is 2.23. The van der Waals surface area contributed by atoms with Gasteiger partial charge in [-0.25, -0.2) is 0 Å². The Morgan fingerprint density at radius 1 is 1.24 bits per heavy atom. The Balaban J connectivity index is 1.45. The molecule has 1 aromatic heterocycles. The van der Waals surface area contributed by atoms with Gasteiger partial charge in [0.15, 0.2) is 12.4 Å². The molecule has 1 saturated heterocycles. The van der Waals surface area contributed by atoms with Crippen LogP contribution in [0.2, 0.25) is 0 Å². The molecule has 0 aliphatic carbocycles. The summed E-state index contributed by atoms with van der Waals surface area (Å²) >= 11 is 0. The molecule has 1 aliphatic rings. The van der Waals surface area contributed by atoms with Crippen molar-refractivity contribution in [2.45, 2.75) is 6.04 Å². The van der Waals surface area contributed by atoms with Crippen LogP contribution in [0.5, 0.6) is 5.75 Å². The van der Waals surface area contributed by atoms with Gasteiger partial charge in [-0.15, -0.1) is 0 Å². The van der Waals surface area contributed by atoms with Gasteiger partial charge in [-0.2, -0.15) is 4.98 Å². The highest BCUT2D eigenvalue weighted by molar-refractivity contribution is 5.84. The molecule has 1 amide bonds. The van der Waals surface area contributed by atoms with Crippen LogP contribution in [-0.4, -0.2) is 47.3 Å². The van der Waals surface area contributed by atoms with Gasteiger partial charge in [0.1, 0.15) is 11.8 Å². The van der Waals surface area contributed by atoms with E-state index in [2.05, 4.69) is 10.1 Å². The zero-order valence-electron chi connectivity index (χ0n) is 13.5. The molecule has 1 fully saturated rings. The number of hydrogen-bond donors (Lipinski definition) is 0. The van der Waals surface area contributed by atoms with Crippen molar-refractivity contribution in [1.29, 1.82) is 0 Å². The molecule has 3 aromatic rings. The summed E-state index contributed by atoms with van der Waals surface area (Å²) in [5, 5.41) is 6.03. The fraction of sp³-hybridized carbons (Fsp3) is 0.278. The lowest BCUT2D eigenvalue weighted by Gasteiger charge is -2.33. The van der Waals surface area contributed by atoms with Gasteiger partial charge in [-0.05, 0) is 22.9 Å². The van der Waals surface area contributed by atoms with E-state index >= 15 is 0 Å². The van der Waals surface area contributed by atoms with Gasteiger partial charge in [0, 0.05) is 6.54 Å². The molecule has 2 aromatic carbocycles. The van der Waals surface area contributed by atoms with Crippen LogP contribution in [0.4, 0.5) is 0 Å². The van der Waals surface area contributed by atoms with Gasteiger partial charge in [0.25, 0.3) is 5.91 Å². The van der Waals surface area contributed by atoms with Gasteiger partial charge in [-0.1, -0.05) is 35.5 Å². The van der Waals surface area contributed by atoms with Crippen molar-refractivity contribution in [1.82, 2.24) is 15.0 Å². The number of hydrogen-bond acceptors (Lipinski definition) is 6. The monoisotopic (exact) mass is 339 g/mol. The molecule has 0 unspecified atom stereocenters. The average molecular weight is 339 g/mol. The number of fused-ring (bicyclic) bond motifs is 1. The molecule has 2 heterocycles. The van der Waals surface area contributed by atoms with Gasteiger partial charge < -0.3 is 18.9 Å². The summed E-state index contributed by atoms with van der Waals surface area (Å²) < 4.78 is 15.9. The predicted molar refractivity (Wildman–Crippen MR) is 89.0 cm³/mol. The first-order valence-electron chi connectivity index (χ1n) is 8.06. The Morgan fingerprint density at radius 3 is 2.96 bits per heavy atom. The minimum atomic E-state index is -0.347. The molecular weight excluding hydrogens is 322 g/mol. The van der Waals surface area contributed by atoms with E-state index in [1.54, 1.807) is 4.90 Å². The van der Waals surface area contributed by atoms with Crippen LogP contribution in [0.25, 0.3) is 10.8 Å². The lowest BCUT2D eigenvalue weighted by molar-refractivity contribution is -0.142. The maximum atomic E-state index is 12.6. The van der Waals surface area contributed by atoms with Crippen molar-refractivity contribution >= 4 is 16.7 Å². The molecule has 0 bridgehead atoms. The molecule has 1 atom stereocenters. The highest BCUT2D eigenvalue weighted by Gasteiger charge is 2.31. The van der Waals surface area contributed by atoms with Crippen LogP contribution < -0.4 is 4.74 Å². The summed E-state index contributed by atoms with van der Waals surface area (Å²) in [4.78, 5) is 18.3. The molecule has 4 rings (SSSR count). The summed E-state index contributed by atoms with van der Waals surface area (Å²) in [6, 6.07) is 13.4. The molecule has 7 heteroatoms. The summed E-state index contributed by atoms with van der Waals surface area (Å²) in [6.07, 6.45) is 1.25. The molecule has 0 N–H and O–H groups in total. The first-order chi connectivity index (χ1) is 12.3. The summed E-state index contributed by atoms with van der Waals surface area (Å²) in [7, 11) is 0. The number of ether oxygens (including phenoxy) is 2. The number of rotatable bonds is 4. The van der Waals surface area contributed by atoms with E-state index in [1.807, 2.05) is 42.5 Å². The van der Waals surface area contributed by atoms with E-state index in [0.717, 1.165) is 10.8 Å². The molecule has 1 aliphatic heterocycles. The third-order valence-corrected chi connectivity index (χ3v) is 4.21. The van der Waals surface area contributed by atoms with E-state index in [1.165, 1.54) is 6.39 Å². The van der Waals surface area contributed by atoms with Crippen LogP contribution in [0.3, 0.4) is 0 Å². The minimum Gasteiger partial charge on any atom is -0.484 e. The summed E-state index contributed by atoms with van der Waals surface area (Å²) in [5.74, 6) is 0.974. The number of carbonyl (C=O) groups excluding carboxylic acids is 1. The quantitative estimate of drug-likeness (QED) is 0.725. The molecule has 7 nitrogen and oxygen atoms in total. The topological polar surface area (TPSA) is 77.7 Å². The Bertz CT molecular complexity index is 866. The minimum absolute atomic E-state index is 0.0489. The lowest BCUT2D eigenvalue weighted by atomic mass is 10.1. The van der Waals surface area contributed by atoms with E-state index in [-0.39, 0.29) is 18.6 Å². The second-order valence-electron chi connectivity index (χ2n) is 5.76.